The van der Waals surface area contributed by atoms with Gasteiger partial charge in [0.25, 0.3) is 0 Å². The van der Waals surface area contributed by atoms with Crippen LogP contribution in [0.3, 0.4) is 0 Å². The number of hydrogen-bond acceptors (Lipinski definition) is 5. The van der Waals surface area contributed by atoms with Crippen molar-refractivity contribution < 1.29 is 9.59 Å². The number of rotatable bonds is 6. The van der Waals surface area contributed by atoms with E-state index in [9.17, 15) is 9.59 Å². The monoisotopic (exact) mass is 483 g/mol. The number of primary amides is 1. The largest absolute Gasteiger partial charge is 0.369 e. The van der Waals surface area contributed by atoms with Gasteiger partial charge in [0.15, 0.2) is 11.0 Å². The number of nitrogens with two attached hydrogens (primary N) is 1. The van der Waals surface area contributed by atoms with Crippen LogP contribution in [0.15, 0.2) is 29.4 Å². The van der Waals surface area contributed by atoms with Gasteiger partial charge in [-0.3, -0.25) is 14.2 Å². The maximum atomic E-state index is 13.2. The first kappa shape index (κ1) is 24.8. The third-order valence-electron chi connectivity index (χ3n) is 7.20. The number of benzene rings is 1. The molecule has 4 rings (SSSR count). The van der Waals surface area contributed by atoms with E-state index in [-0.39, 0.29) is 28.4 Å². The van der Waals surface area contributed by atoms with Crippen LogP contribution in [0.2, 0.25) is 0 Å². The van der Waals surface area contributed by atoms with E-state index in [1.807, 2.05) is 11.8 Å². The Labute approximate surface area is 206 Å². The number of piperidine rings is 1. The summed E-state index contributed by atoms with van der Waals surface area (Å²) >= 11 is 1.50. The van der Waals surface area contributed by atoms with Crippen molar-refractivity contribution in [1.82, 2.24) is 19.7 Å². The Morgan fingerprint density at radius 3 is 2.21 bits per heavy atom. The highest BCUT2D eigenvalue weighted by Crippen LogP contribution is 2.38. The molecule has 0 bridgehead atoms. The molecule has 2 aliphatic rings. The van der Waals surface area contributed by atoms with Crippen LogP contribution in [0.1, 0.15) is 77.8 Å². The molecule has 2 N–H and O–H groups in total. The summed E-state index contributed by atoms with van der Waals surface area (Å²) in [5.74, 6) is 0.591. The molecule has 2 amide bonds. The second-order valence-corrected chi connectivity index (χ2v) is 12.0. The Morgan fingerprint density at radius 1 is 1.03 bits per heavy atom. The number of hydrogen-bond donors (Lipinski definition) is 1. The molecule has 2 fully saturated rings. The number of nitrogens with zero attached hydrogens (tertiary/aromatic N) is 4. The van der Waals surface area contributed by atoms with Gasteiger partial charge in [-0.15, -0.1) is 10.2 Å². The van der Waals surface area contributed by atoms with E-state index in [1.54, 1.807) is 0 Å². The average Bonchev–Trinajstić information content (AvgIpc) is 3.48. The lowest BCUT2D eigenvalue weighted by atomic mass is 9.86. The molecule has 1 aliphatic carbocycles. The van der Waals surface area contributed by atoms with Crippen LogP contribution in [0.5, 0.6) is 0 Å². The molecule has 1 atom stereocenters. The quantitative estimate of drug-likeness (QED) is 0.608. The Kier molecular flexibility index (Phi) is 7.36. The fraction of sp³-hybridized carbons (Fsp3) is 0.615. The topological polar surface area (TPSA) is 94.1 Å². The molecular weight excluding hydrogens is 446 g/mol. The normalized spacial score (nSPS) is 18.9. The summed E-state index contributed by atoms with van der Waals surface area (Å²) < 4.78 is 2.27. The van der Waals surface area contributed by atoms with Gasteiger partial charge in [-0.2, -0.15) is 0 Å². The number of likely N-dealkylation sites (tertiary alicyclic amines) is 1. The zero-order chi connectivity index (χ0) is 24.5. The van der Waals surface area contributed by atoms with E-state index in [4.69, 9.17) is 5.73 Å². The van der Waals surface area contributed by atoms with Gasteiger partial charge in [0.05, 0.1) is 5.25 Å². The van der Waals surface area contributed by atoms with Crippen molar-refractivity contribution in [1.29, 1.82) is 0 Å². The highest BCUT2D eigenvalue weighted by molar-refractivity contribution is 8.00. The number of aromatic nitrogens is 3. The summed E-state index contributed by atoms with van der Waals surface area (Å²) in [5, 5.41) is 9.69. The van der Waals surface area contributed by atoms with Gasteiger partial charge in [-0.25, -0.2) is 0 Å². The Bertz CT molecular complexity index is 1010. The van der Waals surface area contributed by atoms with Crippen LogP contribution < -0.4 is 5.73 Å². The van der Waals surface area contributed by atoms with Crippen LogP contribution in [-0.2, 0) is 15.0 Å². The van der Waals surface area contributed by atoms with Crippen molar-refractivity contribution in [2.75, 3.05) is 13.1 Å². The fourth-order valence-electron chi connectivity index (χ4n) is 5.02. The summed E-state index contributed by atoms with van der Waals surface area (Å²) in [4.78, 5) is 26.5. The molecule has 1 saturated carbocycles. The van der Waals surface area contributed by atoms with Crippen molar-refractivity contribution in [2.45, 2.75) is 88.1 Å². The molecule has 7 nitrogen and oxygen atoms in total. The van der Waals surface area contributed by atoms with Crippen molar-refractivity contribution in [2.24, 2.45) is 11.7 Å². The van der Waals surface area contributed by atoms with Gasteiger partial charge in [-0.1, -0.05) is 69.6 Å². The van der Waals surface area contributed by atoms with Crippen LogP contribution in [0.25, 0.3) is 11.4 Å². The predicted molar refractivity (Wildman–Crippen MR) is 135 cm³/mol. The first-order chi connectivity index (χ1) is 16.1. The van der Waals surface area contributed by atoms with E-state index in [1.165, 1.54) is 30.2 Å². The summed E-state index contributed by atoms with van der Waals surface area (Å²) in [7, 11) is 0. The minimum atomic E-state index is -0.273. The van der Waals surface area contributed by atoms with Crippen LogP contribution in [0.4, 0.5) is 0 Å². The second-order valence-electron chi connectivity index (χ2n) is 10.7. The van der Waals surface area contributed by atoms with Crippen molar-refractivity contribution >= 4 is 23.6 Å². The predicted octanol–water partition coefficient (Wildman–Crippen LogP) is 4.56. The van der Waals surface area contributed by atoms with E-state index in [0.717, 1.165) is 29.4 Å². The third kappa shape index (κ3) is 5.32. The van der Waals surface area contributed by atoms with Gasteiger partial charge in [0.2, 0.25) is 11.8 Å². The van der Waals surface area contributed by atoms with Crippen LogP contribution in [-0.4, -0.2) is 49.8 Å². The summed E-state index contributed by atoms with van der Waals surface area (Å²) in [6.45, 7) is 9.75. The van der Waals surface area contributed by atoms with E-state index in [0.29, 0.717) is 32.0 Å². The Hall–Kier alpha value is -2.35. The average molecular weight is 484 g/mol. The highest BCUT2D eigenvalue weighted by atomic mass is 32.2. The molecule has 2 aromatic rings. The van der Waals surface area contributed by atoms with Gasteiger partial charge < -0.3 is 10.6 Å². The van der Waals surface area contributed by atoms with E-state index in [2.05, 4.69) is 59.8 Å². The Balaban J connectivity index is 1.53. The van der Waals surface area contributed by atoms with E-state index < -0.39 is 0 Å². The number of amides is 2. The minimum absolute atomic E-state index is 0.0879. The third-order valence-corrected chi connectivity index (χ3v) is 8.25. The SMILES string of the molecule is CC(Sc1nnc(-c2ccc(C(C)(C)C)cc2)n1C1CCCC1)C(=O)N1CCC(C(N)=O)CC1. The smallest absolute Gasteiger partial charge is 0.235 e. The van der Waals surface area contributed by atoms with Crippen molar-refractivity contribution in [3.8, 4) is 11.4 Å². The molecule has 34 heavy (non-hydrogen) atoms. The summed E-state index contributed by atoms with van der Waals surface area (Å²) in [6, 6.07) is 9.00. The zero-order valence-corrected chi connectivity index (χ0v) is 21.6. The summed E-state index contributed by atoms with van der Waals surface area (Å²) in [5.41, 5.74) is 7.89. The van der Waals surface area contributed by atoms with Gasteiger partial charge in [0, 0.05) is 30.6 Å². The van der Waals surface area contributed by atoms with Crippen LogP contribution in [0, 0.1) is 5.92 Å². The molecule has 1 saturated heterocycles. The molecule has 1 aromatic heterocycles. The molecule has 0 spiro atoms. The zero-order valence-electron chi connectivity index (χ0n) is 20.8. The Morgan fingerprint density at radius 2 is 1.65 bits per heavy atom. The lowest BCUT2D eigenvalue weighted by Gasteiger charge is -2.32. The highest BCUT2D eigenvalue weighted by Gasteiger charge is 2.31. The maximum absolute atomic E-state index is 13.2. The number of thioether (sulfide) groups is 1. The first-order valence-electron chi connectivity index (χ1n) is 12.5. The molecular formula is C26H37N5O2S. The van der Waals surface area contributed by atoms with Gasteiger partial charge in [-0.05, 0) is 43.6 Å². The lowest BCUT2D eigenvalue weighted by Crippen LogP contribution is -2.44. The summed E-state index contributed by atoms with van der Waals surface area (Å²) in [6.07, 6.45) is 5.93. The molecule has 1 unspecified atom stereocenters. The molecule has 184 valence electrons. The minimum Gasteiger partial charge on any atom is -0.369 e. The fourth-order valence-corrected chi connectivity index (χ4v) is 6.02. The van der Waals surface area contributed by atoms with Crippen molar-refractivity contribution in [3.63, 3.8) is 0 Å². The van der Waals surface area contributed by atoms with Crippen LogP contribution >= 0.6 is 11.8 Å². The second kappa shape index (κ2) is 10.1. The number of carbonyl (C=O) groups excluding carboxylic acids is 2. The molecule has 1 aliphatic heterocycles. The van der Waals surface area contributed by atoms with Crippen molar-refractivity contribution in [3.05, 3.63) is 29.8 Å². The maximum Gasteiger partial charge on any atom is 0.235 e. The molecule has 0 radical (unpaired) electrons. The van der Waals surface area contributed by atoms with Gasteiger partial charge in [0.1, 0.15) is 0 Å². The molecule has 8 heteroatoms. The van der Waals surface area contributed by atoms with E-state index >= 15 is 0 Å². The lowest BCUT2D eigenvalue weighted by molar-refractivity contribution is -0.134. The molecule has 2 heterocycles. The standard InChI is InChI=1S/C26H37N5O2S/c1-17(24(33)30-15-13-18(14-16-30)22(27)32)34-25-29-28-23(31(25)21-7-5-6-8-21)19-9-11-20(12-10-19)26(2,3)4/h9-12,17-18,21H,5-8,13-16H2,1-4H3,(H2,27,32). The van der Waals surface area contributed by atoms with Gasteiger partial charge >= 0.3 is 0 Å². The number of carbonyl (C=O) groups is 2. The molecule has 1 aromatic carbocycles. The first-order valence-corrected chi connectivity index (χ1v) is 13.3.